The van der Waals surface area contributed by atoms with E-state index in [1.54, 1.807) is 29.9 Å². The number of aryl methyl sites for hydroxylation is 1. The van der Waals surface area contributed by atoms with Crippen molar-refractivity contribution in [1.82, 2.24) is 14.8 Å². The van der Waals surface area contributed by atoms with Crippen molar-refractivity contribution in [2.45, 2.75) is 18.3 Å². The molecule has 0 saturated carbocycles. The molecule has 0 aromatic carbocycles. The number of esters is 1. The van der Waals surface area contributed by atoms with Gasteiger partial charge in [-0.15, -0.1) is 11.8 Å². The first kappa shape index (κ1) is 22.3. The fourth-order valence-corrected chi connectivity index (χ4v) is 4.91. The van der Waals surface area contributed by atoms with Crippen LogP contribution in [0.15, 0.2) is 34.1 Å². The Hall–Kier alpha value is -2.43. The highest BCUT2D eigenvalue weighted by Gasteiger charge is 2.54. The Balaban J connectivity index is 1.80. The highest BCUT2D eigenvalue weighted by Crippen LogP contribution is 2.40. The van der Waals surface area contributed by atoms with Crippen LogP contribution in [0.2, 0.25) is 0 Å². The number of carboxylic acid groups (broad SMARTS) is 1. The number of ether oxygens (including phenoxy) is 1. The summed E-state index contributed by atoms with van der Waals surface area (Å²) in [6.07, 6.45) is 1.71. The lowest BCUT2D eigenvalue weighted by Crippen LogP contribution is -2.70. The molecule has 3 heterocycles. The van der Waals surface area contributed by atoms with Crippen LogP contribution < -0.4 is 5.32 Å². The van der Waals surface area contributed by atoms with E-state index in [1.807, 2.05) is 0 Å². The Bertz CT molecular complexity index is 998. The number of hydrogen-bond acceptors (Lipinski definition) is 6. The number of halogens is 2. The molecule has 3 rings (SSSR count). The molecule has 0 spiro atoms. The largest absolute Gasteiger partial charge is 0.477 e. The number of hydrogen-bond donors (Lipinski definition) is 2. The van der Waals surface area contributed by atoms with Crippen molar-refractivity contribution >= 4 is 64.3 Å². The molecule has 12 heteroatoms. The number of carboxylic acids is 1. The lowest BCUT2D eigenvalue weighted by molar-refractivity contribution is -0.150. The van der Waals surface area contributed by atoms with Crippen LogP contribution in [-0.4, -0.2) is 62.1 Å². The molecule has 2 amide bonds. The maximum atomic E-state index is 12.8. The average molecular weight is 474 g/mol. The van der Waals surface area contributed by atoms with E-state index in [1.165, 1.54) is 18.7 Å². The monoisotopic (exact) mass is 473 g/mol. The quantitative estimate of drug-likeness (QED) is 0.364. The van der Waals surface area contributed by atoms with Crippen molar-refractivity contribution in [2.24, 2.45) is 7.05 Å². The standard InChI is InChI=1S/C18H17Cl2N3O6S/c1-8(24)29-6-9-7-30-17-12(16(26)23(17)13(9)18(27)28)21-15(25)11(14(19)20)10-4-3-5-22(10)2/h3-5,12,17H,6-7H2,1-2H3,(H,21,25)(H,27,28)/t12?,17-/m0/s1. The fraction of sp³-hybridized carbons (Fsp3) is 0.333. The Morgan fingerprint density at radius 1 is 1.37 bits per heavy atom. The summed E-state index contributed by atoms with van der Waals surface area (Å²) in [5, 5.41) is 11.5. The molecule has 2 aliphatic heterocycles. The molecule has 1 fully saturated rings. The summed E-state index contributed by atoms with van der Waals surface area (Å²) in [5.74, 6) is -2.88. The zero-order valence-electron chi connectivity index (χ0n) is 15.8. The Morgan fingerprint density at radius 3 is 2.60 bits per heavy atom. The maximum Gasteiger partial charge on any atom is 0.352 e. The van der Waals surface area contributed by atoms with Crippen LogP contribution in [0.4, 0.5) is 0 Å². The van der Waals surface area contributed by atoms with E-state index in [0.717, 1.165) is 4.90 Å². The number of carbonyl (C=O) groups excluding carboxylic acids is 3. The molecule has 0 bridgehead atoms. The number of carbonyl (C=O) groups is 4. The predicted octanol–water partition coefficient (Wildman–Crippen LogP) is 1.47. The number of aromatic nitrogens is 1. The highest BCUT2D eigenvalue weighted by atomic mass is 35.5. The third-order valence-corrected chi connectivity index (χ3v) is 6.32. The van der Waals surface area contributed by atoms with E-state index in [9.17, 15) is 24.3 Å². The zero-order chi connectivity index (χ0) is 22.2. The number of nitrogens with one attached hydrogen (secondary N) is 1. The Kier molecular flexibility index (Phi) is 6.49. The number of aliphatic carboxylic acids is 1. The highest BCUT2D eigenvalue weighted by molar-refractivity contribution is 8.00. The first-order chi connectivity index (χ1) is 14.1. The first-order valence-electron chi connectivity index (χ1n) is 8.64. The summed E-state index contributed by atoms with van der Waals surface area (Å²) in [7, 11) is 1.71. The summed E-state index contributed by atoms with van der Waals surface area (Å²) in [5.41, 5.74) is 0.541. The molecule has 160 valence electrons. The van der Waals surface area contributed by atoms with E-state index < -0.39 is 35.2 Å². The number of rotatable bonds is 6. The molecule has 2 aliphatic rings. The van der Waals surface area contributed by atoms with Gasteiger partial charge in [-0.1, -0.05) is 23.2 Å². The van der Waals surface area contributed by atoms with Crippen molar-refractivity contribution in [2.75, 3.05) is 12.4 Å². The lowest BCUT2D eigenvalue weighted by Gasteiger charge is -2.49. The van der Waals surface area contributed by atoms with Gasteiger partial charge in [-0.2, -0.15) is 0 Å². The summed E-state index contributed by atoms with van der Waals surface area (Å²) in [6, 6.07) is 2.41. The molecule has 1 unspecified atom stereocenters. The molecule has 1 saturated heterocycles. The van der Waals surface area contributed by atoms with Crippen molar-refractivity contribution in [1.29, 1.82) is 0 Å². The summed E-state index contributed by atoms with van der Waals surface area (Å²) >= 11 is 13.1. The van der Waals surface area contributed by atoms with Crippen LogP contribution in [0.1, 0.15) is 12.6 Å². The van der Waals surface area contributed by atoms with E-state index >= 15 is 0 Å². The van der Waals surface area contributed by atoms with Crippen molar-refractivity contribution < 1.29 is 29.0 Å². The zero-order valence-corrected chi connectivity index (χ0v) is 18.2. The van der Waals surface area contributed by atoms with Gasteiger partial charge in [0.15, 0.2) is 0 Å². The van der Waals surface area contributed by atoms with E-state index in [4.69, 9.17) is 27.9 Å². The number of nitrogens with zero attached hydrogens (tertiary/aromatic N) is 2. The molecule has 1 aromatic rings. The molecule has 30 heavy (non-hydrogen) atoms. The van der Waals surface area contributed by atoms with Gasteiger partial charge in [-0.3, -0.25) is 19.3 Å². The summed E-state index contributed by atoms with van der Waals surface area (Å²) in [4.78, 5) is 49.3. The minimum atomic E-state index is -1.31. The molecular weight excluding hydrogens is 457 g/mol. The van der Waals surface area contributed by atoms with E-state index in [2.05, 4.69) is 5.32 Å². The van der Waals surface area contributed by atoms with Crippen LogP contribution >= 0.6 is 35.0 Å². The van der Waals surface area contributed by atoms with Gasteiger partial charge in [0.25, 0.3) is 11.8 Å². The van der Waals surface area contributed by atoms with Gasteiger partial charge in [0, 0.05) is 31.5 Å². The topological polar surface area (TPSA) is 118 Å². The third kappa shape index (κ3) is 4.07. The molecule has 0 aliphatic carbocycles. The Morgan fingerprint density at radius 2 is 2.07 bits per heavy atom. The number of β-lactam (4-membered cyclic amide) rings is 1. The smallest absolute Gasteiger partial charge is 0.352 e. The summed E-state index contributed by atoms with van der Waals surface area (Å²) in [6.45, 7) is 0.986. The van der Waals surface area contributed by atoms with Gasteiger partial charge in [0.05, 0.1) is 11.3 Å². The number of amides is 2. The maximum absolute atomic E-state index is 12.8. The molecule has 9 nitrogen and oxygen atoms in total. The molecule has 2 N–H and O–H groups in total. The second-order valence-corrected chi connectivity index (χ2v) is 8.59. The van der Waals surface area contributed by atoms with Gasteiger partial charge in [0.1, 0.15) is 28.2 Å². The molecule has 2 atom stereocenters. The van der Waals surface area contributed by atoms with Gasteiger partial charge in [-0.05, 0) is 12.1 Å². The minimum Gasteiger partial charge on any atom is -0.477 e. The van der Waals surface area contributed by atoms with Crippen molar-refractivity contribution in [3.05, 3.63) is 39.8 Å². The Labute approximate surface area is 185 Å². The van der Waals surface area contributed by atoms with Crippen molar-refractivity contribution in [3.63, 3.8) is 0 Å². The van der Waals surface area contributed by atoms with Gasteiger partial charge in [-0.25, -0.2) is 4.79 Å². The average Bonchev–Trinajstić information content (AvgIpc) is 3.08. The van der Waals surface area contributed by atoms with Crippen LogP contribution in [0.25, 0.3) is 5.57 Å². The van der Waals surface area contributed by atoms with Crippen LogP contribution in [0, 0.1) is 0 Å². The predicted molar refractivity (Wildman–Crippen MR) is 110 cm³/mol. The lowest BCUT2D eigenvalue weighted by atomic mass is 10.0. The van der Waals surface area contributed by atoms with Gasteiger partial charge in [0.2, 0.25) is 0 Å². The second-order valence-electron chi connectivity index (χ2n) is 6.54. The fourth-order valence-electron chi connectivity index (χ4n) is 3.22. The minimum absolute atomic E-state index is 0.00226. The van der Waals surface area contributed by atoms with Crippen molar-refractivity contribution in [3.8, 4) is 0 Å². The van der Waals surface area contributed by atoms with Crippen LogP contribution in [0.3, 0.4) is 0 Å². The normalized spacial score (nSPS) is 20.3. The number of fused-ring (bicyclic) bond motifs is 1. The number of thioether (sulfide) groups is 1. The van der Waals surface area contributed by atoms with Crippen LogP contribution in [0.5, 0.6) is 0 Å². The molecule has 1 aromatic heterocycles. The van der Waals surface area contributed by atoms with E-state index in [-0.39, 0.29) is 28.1 Å². The van der Waals surface area contributed by atoms with Gasteiger partial charge >= 0.3 is 11.9 Å². The SMILES string of the molecule is CC(=O)OCC1=C(C(=O)O)N2C(=O)C(NC(=O)C(=C(Cl)Cl)c3cccn3C)[C@@H]2SC1. The molecular formula is C18H17Cl2N3O6S. The second kappa shape index (κ2) is 8.75. The molecule has 0 radical (unpaired) electrons. The summed E-state index contributed by atoms with van der Waals surface area (Å²) < 4.78 is 6.28. The van der Waals surface area contributed by atoms with E-state index in [0.29, 0.717) is 11.3 Å². The van der Waals surface area contributed by atoms with Crippen LogP contribution in [-0.2, 0) is 31.0 Å². The van der Waals surface area contributed by atoms with Gasteiger partial charge < -0.3 is 19.7 Å². The first-order valence-corrected chi connectivity index (χ1v) is 10.4. The third-order valence-electron chi connectivity index (χ3n) is 4.60.